The minimum absolute atomic E-state index is 0.0444. The van der Waals surface area contributed by atoms with Crippen molar-refractivity contribution >= 4 is 5.69 Å². The van der Waals surface area contributed by atoms with Crippen molar-refractivity contribution in [3.8, 4) is 5.75 Å². The van der Waals surface area contributed by atoms with Gasteiger partial charge in [0.2, 0.25) is 0 Å². The smallest absolute Gasteiger partial charge is 0.119 e. The van der Waals surface area contributed by atoms with Crippen LogP contribution in [0.5, 0.6) is 5.75 Å². The monoisotopic (exact) mass is 342 g/mol. The summed E-state index contributed by atoms with van der Waals surface area (Å²) in [6.07, 6.45) is 4.53. The Kier molecular flexibility index (Phi) is 5.33. The maximum absolute atomic E-state index is 6.10. The molecule has 1 aliphatic heterocycles. The third kappa shape index (κ3) is 4.75. The van der Waals surface area contributed by atoms with E-state index < -0.39 is 0 Å². The first-order chi connectivity index (χ1) is 11.9. The molecule has 0 unspecified atom stereocenters. The van der Waals surface area contributed by atoms with Crippen LogP contribution in [0.1, 0.15) is 44.9 Å². The largest absolute Gasteiger partial charge is 0.490 e. The molecule has 0 aliphatic carbocycles. The Morgan fingerprint density at radius 3 is 2.52 bits per heavy atom. The van der Waals surface area contributed by atoms with Crippen molar-refractivity contribution in [3.05, 3.63) is 41.7 Å². The fraction of sp³-hybridized carbons (Fsp3) is 0.550. The molecule has 0 atom stereocenters. The number of benzene rings is 1. The lowest BCUT2D eigenvalue weighted by atomic mass is 9.89. The molecule has 5 heteroatoms. The van der Waals surface area contributed by atoms with E-state index in [1.54, 1.807) is 0 Å². The summed E-state index contributed by atoms with van der Waals surface area (Å²) < 4.78 is 6.10. The number of aromatic nitrogens is 2. The molecule has 0 radical (unpaired) electrons. The van der Waals surface area contributed by atoms with Gasteiger partial charge in [0.15, 0.2) is 0 Å². The molecular formula is C20H30N4O. The van der Waals surface area contributed by atoms with Crippen LogP contribution in [0.25, 0.3) is 0 Å². The number of rotatable bonds is 5. The van der Waals surface area contributed by atoms with Crippen molar-refractivity contribution in [1.82, 2.24) is 15.1 Å². The summed E-state index contributed by atoms with van der Waals surface area (Å²) in [4.78, 5) is 2.36. The Morgan fingerprint density at radius 1 is 1.20 bits per heavy atom. The van der Waals surface area contributed by atoms with Gasteiger partial charge in [-0.2, -0.15) is 5.10 Å². The first-order valence-electron chi connectivity index (χ1n) is 9.14. The van der Waals surface area contributed by atoms with Crippen molar-refractivity contribution in [2.45, 2.75) is 51.7 Å². The van der Waals surface area contributed by atoms with Crippen molar-refractivity contribution in [2.24, 2.45) is 0 Å². The quantitative estimate of drug-likeness (QED) is 0.868. The standard InChI is InChI=1S/C20H30N4O/c1-20(2,3)19-15(14-22-23-19)13-21-16-5-7-17(8-6-16)25-18-9-11-24(4)12-10-18/h5-8,14,18,21H,9-13H2,1-4H3,(H,22,23). The fourth-order valence-electron chi connectivity index (χ4n) is 3.24. The summed E-state index contributed by atoms with van der Waals surface area (Å²) in [5, 5.41) is 10.9. The molecule has 25 heavy (non-hydrogen) atoms. The molecule has 1 fully saturated rings. The van der Waals surface area contributed by atoms with E-state index in [-0.39, 0.29) is 5.41 Å². The molecule has 0 spiro atoms. The maximum Gasteiger partial charge on any atom is 0.119 e. The Morgan fingerprint density at radius 2 is 1.88 bits per heavy atom. The Bertz CT molecular complexity index is 664. The minimum Gasteiger partial charge on any atom is -0.490 e. The number of anilines is 1. The fourth-order valence-corrected chi connectivity index (χ4v) is 3.24. The highest BCUT2D eigenvalue weighted by molar-refractivity contribution is 5.47. The third-order valence-electron chi connectivity index (χ3n) is 4.74. The summed E-state index contributed by atoms with van der Waals surface area (Å²) in [5.74, 6) is 0.957. The zero-order chi connectivity index (χ0) is 17.9. The number of hydrogen-bond acceptors (Lipinski definition) is 4. The van der Waals surface area contributed by atoms with Crippen LogP contribution >= 0.6 is 0 Å². The second-order valence-corrected chi connectivity index (χ2v) is 8.01. The SMILES string of the molecule is CN1CCC(Oc2ccc(NCc3c[nH]nc3C(C)(C)C)cc2)CC1. The molecule has 0 saturated carbocycles. The highest BCUT2D eigenvalue weighted by Crippen LogP contribution is 2.25. The summed E-state index contributed by atoms with van der Waals surface area (Å²) in [6.45, 7) is 9.54. The lowest BCUT2D eigenvalue weighted by Gasteiger charge is -2.29. The van der Waals surface area contributed by atoms with Crippen LogP contribution < -0.4 is 10.1 Å². The van der Waals surface area contributed by atoms with Crippen LogP contribution in [0, 0.1) is 0 Å². The predicted molar refractivity (Wildman–Crippen MR) is 102 cm³/mol. The number of piperidine rings is 1. The van der Waals surface area contributed by atoms with Gasteiger partial charge in [-0.15, -0.1) is 0 Å². The van der Waals surface area contributed by atoms with Gasteiger partial charge in [0, 0.05) is 42.5 Å². The van der Waals surface area contributed by atoms with Crippen LogP contribution in [0.2, 0.25) is 0 Å². The zero-order valence-electron chi connectivity index (χ0n) is 15.8. The Hall–Kier alpha value is -2.01. The summed E-state index contributed by atoms with van der Waals surface area (Å²) in [5.41, 5.74) is 3.46. The average Bonchev–Trinajstić information content (AvgIpc) is 3.05. The second kappa shape index (κ2) is 7.48. The highest BCUT2D eigenvalue weighted by atomic mass is 16.5. The van der Waals surface area contributed by atoms with E-state index >= 15 is 0 Å². The van der Waals surface area contributed by atoms with E-state index in [9.17, 15) is 0 Å². The molecule has 2 heterocycles. The van der Waals surface area contributed by atoms with Crippen LogP contribution in [0.3, 0.4) is 0 Å². The zero-order valence-corrected chi connectivity index (χ0v) is 15.8. The molecule has 0 bridgehead atoms. The molecule has 2 N–H and O–H groups in total. The number of aromatic amines is 1. The lowest BCUT2D eigenvalue weighted by Crippen LogP contribution is -2.35. The average molecular weight is 342 g/mol. The van der Waals surface area contributed by atoms with Gasteiger partial charge in [0.25, 0.3) is 0 Å². The minimum atomic E-state index is 0.0444. The number of ether oxygens (including phenoxy) is 1. The number of nitrogens with one attached hydrogen (secondary N) is 2. The molecule has 3 rings (SSSR count). The van der Waals surface area contributed by atoms with Gasteiger partial charge in [-0.1, -0.05) is 20.8 Å². The number of H-pyrrole nitrogens is 1. The topological polar surface area (TPSA) is 53.2 Å². The van der Waals surface area contributed by atoms with Gasteiger partial charge in [0.1, 0.15) is 11.9 Å². The van der Waals surface area contributed by atoms with Crippen molar-refractivity contribution in [1.29, 1.82) is 0 Å². The van der Waals surface area contributed by atoms with Gasteiger partial charge in [-0.05, 0) is 44.2 Å². The van der Waals surface area contributed by atoms with Crippen molar-refractivity contribution in [3.63, 3.8) is 0 Å². The van der Waals surface area contributed by atoms with Gasteiger partial charge in [0.05, 0.1) is 5.69 Å². The van der Waals surface area contributed by atoms with Crippen LogP contribution in [-0.2, 0) is 12.0 Å². The summed E-state index contributed by atoms with van der Waals surface area (Å²) >= 11 is 0. The van der Waals surface area contributed by atoms with Gasteiger partial charge in [-0.25, -0.2) is 0 Å². The third-order valence-corrected chi connectivity index (χ3v) is 4.74. The highest BCUT2D eigenvalue weighted by Gasteiger charge is 2.20. The summed E-state index contributed by atoms with van der Waals surface area (Å²) in [6, 6.07) is 8.28. The molecule has 0 amide bonds. The predicted octanol–water partition coefficient (Wildman–Crippen LogP) is 3.79. The molecule has 1 aromatic heterocycles. The molecule has 136 valence electrons. The van der Waals surface area contributed by atoms with E-state index in [0.717, 1.165) is 49.6 Å². The van der Waals surface area contributed by atoms with E-state index in [1.165, 1.54) is 5.56 Å². The second-order valence-electron chi connectivity index (χ2n) is 8.01. The number of likely N-dealkylation sites (tertiary alicyclic amines) is 1. The van der Waals surface area contributed by atoms with E-state index in [1.807, 2.05) is 6.20 Å². The molecule has 2 aromatic rings. The lowest BCUT2D eigenvalue weighted by molar-refractivity contribution is 0.114. The molecule has 1 aliphatic rings. The molecule has 5 nitrogen and oxygen atoms in total. The molecule has 1 saturated heterocycles. The first-order valence-corrected chi connectivity index (χ1v) is 9.14. The van der Waals surface area contributed by atoms with Gasteiger partial charge >= 0.3 is 0 Å². The molecule has 1 aromatic carbocycles. The van der Waals surface area contributed by atoms with E-state index in [2.05, 4.69) is 72.5 Å². The number of hydrogen-bond donors (Lipinski definition) is 2. The van der Waals surface area contributed by atoms with Gasteiger partial charge in [-0.3, -0.25) is 5.10 Å². The van der Waals surface area contributed by atoms with E-state index in [4.69, 9.17) is 4.74 Å². The van der Waals surface area contributed by atoms with E-state index in [0.29, 0.717) is 6.10 Å². The van der Waals surface area contributed by atoms with Gasteiger partial charge < -0.3 is 15.0 Å². The van der Waals surface area contributed by atoms with Crippen LogP contribution in [0.15, 0.2) is 30.5 Å². The first kappa shape index (κ1) is 17.8. The maximum atomic E-state index is 6.10. The Balaban J connectivity index is 1.54. The van der Waals surface area contributed by atoms with Crippen molar-refractivity contribution < 1.29 is 4.74 Å². The molecular weight excluding hydrogens is 312 g/mol. The normalized spacial score (nSPS) is 16.8. The van der Waals surface area contributed by atoms with Crippen LogP contribution in [0.4, 0.5) is 5.69 Å². The number of nitrogens with zero attached hydrogens (tertiary/aromatic N) is 2. The van der Waals surface area contributed by atoms with Crippen LogP contribution in [-0.4, -0.2) is 41.3 Å². The van der Waals surface area contributed by atoms with Crippen molar-refractivity contribution in [2.75, 3.05) is 25.5 Å². The Labute approximate surface area is 150 Å². The summed E-state index contributed by atoms with van der Waals surface area (Å²) in [7, 11) is 2.17.